The van der Waals surface area contributed by atoms with E-state index in [9.17, 15) is 4.79 Å². The van der Waals surface area contributed by atoms with Crippen LogP contribution in [0.4, 0.5) is 0 Å². The van der Waals surface area contributed by atoms with Crippen LogP contribution in [0.5, 0.6) is 0 Å². The van der Waals surface area contributed by atoms with E-state index in [1.807, 2.05) is 19.1 Å². The van der Waals surface area contributed by atoms with Crippen LogP contribution in [0.25, 0.3) is 11.5 Å². The van der Waals surface area contributed by atoms with Crippen molar-refractivity contribution in [3.63, 3.8) is 0 Å². The Morgan fingerprint density at radius 2 is 2.25 bits per heavy atom. The molecule has 0 aromatic carbocycles. The van der Waals surface area contributed by atoms with Crippen molar-refractivity contribution in [2.24, 2.45) is 0 Å². The molecule has 0 N–H and O–H groups in total. The van der Waals surface area contributed by atoms with E-state index in [1.54, 1.807) is 6.20 Å². The van der Waals surface area contributed by atoms with Gasteiger partial charge in [-0.05, 0) is 24.6 Å². The minimum Gasteiger partial charge on any atom is -0.464 e. The molecule has 16 heavy (non-hydrogen) atoms. The first-order valence-electron chi connectivity index (χ1n) is 4.69. The largest absolute Gasteiger partial charge is 0.464 e. The molecule has 5 nitrogen and oxygen atoms in total. The summed E-state index contributed by atoms with van der Waals surface area (Å²) < 4.78 is 9.54. The highest BCUT2D eigenvalue weighted by atomic mass is 16.5. The number of carbonyl (C=O) groups excluding carboxylic acids is 1. The highest BCUT2D eigenvalue weighted by Gasteiger charge is 2.14. The topological polar surface area (TPSA) is 65.2 Å². The predicted octanol–water partition coefficient (Wildman–Crippen LogP) is 1.83. The third-order valence-corrected chi connectivity index (χ3v) is 2.07. The lowest BCUT2D eigenvalue weighted by Gasteiger charge is -1.94. The zero-order valence-electron chi connectivity index (χ0n) is 8.93. The van der Waals surface area contributed by atoms with Gasteiger partial charge in [-0.3, -0.25) is 4.98 Å². The van der Waals surface area contributed by atoms with Gasteiger partial charge in [0.05, 0.1) is 7.11 Å². The molecule has 2 aromatic rings. The second-order valence-electron chi connectivity index (χ2n) is 3.29. The Morgan fingerprint density at radius 3 is 2.94 bits per heavy atom. The number of ether oxygens (including phenoxy) is 1. The van der Waals surface area contributed by atoms with E-state index in [0.717, 1.165) is 5.56 Å². The minimum atomic E-state index is -0.525. The number of hydrogen-bond donors (Lipinski definition) is 0. The van der Waals surface area contributed by atoms with Crippen molar-refractivity contribution in [1.29, 1.82) is 0 Å². The average Bonchev–Trinajstić information content (AvgIpc) is 2.77. The van der Waals surface area contributed by atoms with Crippen molar-refractivity contribution >= 4 is 5.97 Å². The summed E-state index contributed by atoms with van der Waals surface area (Å²) in [5.41, 5.74) is 1.84. The Hall–Kier alpha value is -2.17. The fourth-order valence-corrected chi connectivity index (χ4v) is 1.27. The number of aromatic nitrogens is 2. The van der Waals surface area contributed by atoms with Gasteiger partial charge in [0.1, 0.15) is 5.69 Å². The van der Waals surface area contributed by atoms with E-state index in [2.05, 4.69) is 14.9 Å². The van der Waals surface area contributed by atoms with E-state index in [-0.39, 0.29) is 5.69 Å². The van der Waals surface area contributed by atoms with Crippen molar-refractivity contribution in [2.75, 3.05) is 7.11 Å². The van der Waals surface area contributed by atoms with E-state index in [4.69, 9.17) is 4.52 Å². The molecule has 0 unspecified atom stereocenters. The lowest BCUT2D eigenvalue weighted by Crippen LogP contribution is -2.00. The van der Waals surface area contributed by atoms with Gasteiger partial charge in [0.2, 0.25) is 0 Å². The van der Waals surface area contributed by atoms with Crippen LogP contribution in [0.2, 0.25) is 0 Å². The Kier molecular flexibility index (Phi) is 2.68. The SMILES string of the molecule is COC(=O)c1cc(-c2cc(C)ccn2)on1. The van der Waals surface area contributed by atoms with Crippen LogP contribution in [-0.2, 0) is 4.74 Å². The summed E-state index contributed by atoms with van der Waals surface area (Å²) in [6, 6.07) is 5.23. The molecule has 0 fully saturated rings. The quantitative estimate of drug-likeness (QED) is 0.719. The summed E-state index contributed by atoms with van der Waals surface area (Å²) >= 11 is 0. The first kappa shape index (κ1) is 10.4. The zero-order valence-corrected chi connectivity index (χ0v) is 8.93. The van der Waals surface area contributed by atoms with Gasteiger partial charge in [-0.1, -0.05) is 5.16 Å². The van der Waals surface area contributed by atoms with Crippen molar-refractivity contribution in [3.05, 3.63) is 35.7 Å². The molecule has 0 saturated heterocycles. The molecule has 5 heteroatoms. The van der Waals surface area contributed by atoms with Crippen LogP contribution in [0.3, 0.4) is 0 Å². The first-order chi connectivity index (χ1) is 7.70. The summed E-state index contributed by atoms with van der Waals surface area (Å²) in [5, 5.41) is 3.60. The van der Waals surface area contributed by atoms with Gasteiger partial charge in [-0.2, -0.15) is 0 Å². The third-order valence-electron chi connectivity index (χ3n) is 2.07. The second-order valence-corrected chi connectivity index (χ2v) is 3.29. The molecule has 2 heterocycles. The molecule has 0 radical (unpaired) electrons. The lowest BCUT2D eigenvalue weighted by molar-refractivity contribution is 0.0589. The zero-order chi connectivity index (χ0) is 11.5. The number of rotatable bonds is 2. The van der Waals surface area contributed by atoms with Crippen LogP contribution in [0, 0.1) is 6.92 Å². The van der Waals surface area contributed by atoms with Gasteiger partial charge in [-0.15, -0.1) is 0 Å². The Morgan fingerprint density at radius 1 is 1.44 bits per heavy atom. The van der Waals surface area contributed by atoms with Gasteiger partial charge >= 0.3 is 5.97 Å². The Balaban J connectivity index is 2.35. The van der Waals surface area contributed by atoms with Crippen LogP contribution >= 0.6 is 0 Å². The highest BCUT2D eigenvalue weighted by molar-refractivity contribution is 5.88. The average molecular weight is 218 g/mol. The molecule has 0 amide bonds. The van der Waals surface area contributed by atoms with Crippen molar-refractivity contribution in [2.45, 2.75) is 6.92 Å². The van der Waals surface area contributed by atoms with E-state index >= 15 is 0 Å². The van der Waals surface area contributed by atoms with E-state index < -0.39 is 5.97 Å². The highest BCUT2D eigenvalue weighted by Crippen LogP contribution is 2.18. The molecule has 0 aliphatic rings. The van der Waals surface area contributed by atoms with Crippen LogP contribution < -0.4 is 0 Å². The molecule has 0 saturated carbocycles. The molecule has 0 aliphatic carbocycles. The predicted molar refractivity (Wildman–Crippen MR) is 55.8 cm³/mol. The molecule has 0 spiro atoms. The van der Waals surface area contributed by atoms with Crippen molar-refractivity contribution in [3.8, 4) is 11.5 Å². The summed E-state index contributed by atoms with van der Waals surface area (Å²) in [5.74, 6) is -0.0771. The fraction of sp³-hybridized carbons (Fsp3) is 0.182. The van der Waals surface area contributed by atoms with Crippen molar-refractivity contribution < 1.29 is 14.1 Å². The molecular weight excluding hydrogens is 208 g/mol. The number of carbonyl (C=O) groups is 1. The van der Waals surface area contributed by atoms with Crippen LogP contribution in [0.15, 0.2) is 28.9 Å². The number of nitrogens with zero attached hydrogens (tertiary/aromatic N) is 2. The number of pyridine rings is 1. The summed E-state index contributed by atoms with van der Waals surface area (Å²) in [4.78, 5) is 15.3. The Bertz CT molecular complexity index is 519. The van der Waals surface area contributed by atoms with Crippen LogP contribution in [-0.4, -0.2) is 23.2 Å². The summed E-state index contributed by atoms with van der Waals surface area (Å²) in [6.07, 6.45) is 1.67. The molecule has 2 aromatic heterocycles. The molecule has 0 bridgehead atoms. The molecule has 0 atom stereocenters. The maximum atomic E-state index is 11.2. The van der Waals surface area contributed by atoms with Gasteiger partial charge in [0, 0.05) is 12.3 Å². The van der Waals surface area contributed by atoms with Gasteiger partial charge in [-0.25, -0.2) is 4.79 Å². The molecule has 0 aliphatic heterocycles. The maximum absolute atomic E-state index is 11.2. The smallest absolute Gasteiger partial charge is 0.360 e. The van der Waals surface area contributed by atoms with Gasteiger partial charge in [0.15, 0.2) is 11.5 Å². The fourth-order valence-electron chi connectivity index (χ4n) is 1.27. The maximum Gasteiger partial charge on any atom is 0.360 e. The molecule has 2 rings (SSSR count). The lowest BCUT2D eigenvalue weighted by atomic mass is 10.2. The van der Waals surface area contributed by atoms with E-state index in [0.29, 0.717) is 11.5 Å². The number of aryl methyl sites for hydroxylation is 1. The van der Waals surface area contributed by atoms with Gasteiger partial charge in [0.25, 0.3) is 0 Å². The second kappa shape index (κ2) is 4.14. The molecule has 82 valence electrons. The monoisotopic (exact) mass is 218 g/mol. The van der Waals surface area contributed by atoms with Crippen molar-refractivity contribution in [1.82, 2.24) is 10.1 Å². The standard InChI is InChI=1S/C11H10N2O3/c1-7-3-4-12-8(5-7)10-6-9(13-16-10)11(14)15-2/h3-6H,1-2H3. The first-order valence-corrected chi connectivity index (χ1v) is 4.69. The third kappa shape index (κ3) is 1.93. The summed E-state index contributed by atoms with van der Waals surface area (Å²) in [7, 11) is 1.29. The molecular formula is C11H10N2O3. The minimum absolute atomic E-state index is 0.140. The van der Waals surface area contributed by atoms with E-state index in [1.165, 1.54) is 13.2 Å². The summed E-state index contributed by atoms with van der Waals surface area (Å²) in [6.45, 7) is 1.95. The number of esters is 1. The number of hydrogen-bond acceptors (Lipinski definition) is 5. The number of methoxy groups -OCH3 is 1. The Labute approximate surface area is 92.0 Å². The van der Waals surface area contributed by atoms with Gasteiger partial charge < -0.3 is 9.26 Å². The normalized spacial score (nSPS) is 10.1. The van der Waals surface area contributed by atoms with Crippen LogP contribution in [0.1, 0.15) is 16.1 Å².